The molecule has 1 heterocycles. The fraction of sp³-hybridized carbons (Fsp3) is 0.484. The molecule has 2 aliphatic rings. The summed E-state index contributed by atoms with van der Waals surface area (Å²) in [5.41, 5.74) is 4.29. The van der Waals surface area contributed by atoms with Crippen LogP contribution < -0.4 is 10.8 Å². The first kappa shape index (κ1) is 29.3. The van der Waals surface area contributed by atoms with Crippen LogP contribution in [0.2, 0.25) is 0 Å². The normalized spacial score (nSPS) is 17.5. The average molecular weight is 550 g/mol. The lowest BCUT2D eigenvalue weighted by Gasteiger charge is -2.37. The van der Waals surface area contributed by atoms with Gasteiger partial charge in [-0.2, -0.15) is 0 Å². The third-order valence-corrected chi connectivity index (χ3v) is 7.78. The fourth-order valence-corrected chi connectivity index (χ4v) is 5.53. The van der Waals surface area contributed by atoms with Crippen LogP contribution in [0.1, 0.15) is 86.9 Å². The maximum absolute atomic E-state index is 13.8. The quantitative estimate of drug-likeness (QED) is 0.158. The Bertz CT molecular complexity index is 1160. The van der Waals surface area contributed by atoms with Gasteiger partial charge in [0.05, 0.1) is 0 Å². The first-order valence-electron chi connectivity index (χ1n) is 14.3. The summed E-state index contributed by atoms with van der Waals surface area (Å²) in [5.74, 6) is -1.39. The standard InChI is InChI=1S/C31H39N3O6/c35-27(33-39)18-6-1-2-7-19-28(36)34-21-24-15-9-8-14-23(24)20-26(34)30(37)32-29(22-12-4-3-5-13-22)31(38)40-25-16-10-11-17-25/h3-5,8-9,12-15,25-26,29,39H,1-2,6-7,10-11,16-21H2,(H,32,37)(H,33,35)/t26?,29-/m0/s1. The molecular weight excluding hydrogens is 510 g/mol. The van der Waals surface area contributed by atoms with E-state index in [-0.39, 0.29) is 30.8 Å². The van der Waals surface area contributed by atoms with Crippen molar-refractivity contribution in [3.63, 3.8) is 0 Å². The number of hydrogen-bond acceptors (Lipinski definition) is 6. The number of carbonyl (C=O) groups excluding carboxylic acids is 4. The number of fused-ring (bicyclic) bond motifs is 1. The highest BCUT2D eigenvalue weighted by atomic mass is 16.5. The zero-order chi connectivity index (χ0) is 28.3. The molecule has 2 atom stereocenters. The summed E-state index contributed by atoms with van der Waals surface area (Å²) in [6.45, 7) is 0.326. The van der Waals surface area contributed by atoms with Crippen molar-refractivity contribution in [2.24, 2.45) is 0 Å². The van der Waals surface area contributed by atoms with Crippen LogP contribution in [0.4, 0.5) is 0 Å². The van der Waals surface area contributed by atoms with E-state index < -0.39 is 24.0 Å². The molecule has 0 bridgehead atoms. The third-order valence-electron chi connectivity index (χ3n) is 7.78. The molecule has 9 heteroatoms. The molecular formula is C31H39N3O6. The smallest absolute Gasteiger partial charge is 0.333 e. The monoisotopic (exact) mass is 549 g/mol. The van der Waals surface area contributed by atoms with Crippen molar-refractivity contribution < 1.29 is 29.1 Å². The van der Waals surface area contributed by atoms with Crippen LogP contribution in [0.25, 0.3) is 0 Å². The Hall–Kier alpha value is -3.72. The second-order valence-corrected chi connectivity index (χ2v) is 10.7. The number of rotatable bonds is 12. The van der Waals surface area contributed by atoms with E-state index in [1.54, 1.807) is 22.5 Å². The average Bonchev–Trinajstić information content (AvgIpc) is 3.50. The van der Waals surface area contributed by atoms with Gasteiger partial charge in [0.15, 0.2) is 6.04 Å². The predicted molar refractivity (Wildman–Crippen MR) is 148 cm³/mol. The molecule has 2 aromatic carbocycles. The molecule has 1 unspecified atom stereocenters. The van der Waals surface area contributed by atoms with Gasteiger partial charge in [-0.15, -0.1) is 0 Å². The van der Waals surface area contributed by atoms with Crippen LogP contribution >= 0.6 is 0 Å². The summed E-state index contributed by atoms with van der Waals surface area (Å²) in [7, 11) is 0. The number of amides is 3. The molecule has 0 saturated heterocycles. The predicted octanol–water partition coefficient (Wildman–Crippen LogP) is 4.13. The summed E-state index contributed by atoms with van der Waals surface area (Å²) < 4.78 is 5.78. The van der Waals surface area contributed by atoms with Gasteiger partial charge in [-0.05, 0) is 55.2 Å². The van der Waals surface area contributed by atoms with Gasteiger partial charge in [-0.3, -0.25) is 19.6 Å². The van der Waals surface area contributed by atoms with Crippen molar-refractivity contribution in [1.29, 1.82) is 0 Å². The van der Waals surface area contributed by atoms with Crippen molar-refractivity contribution in [3.05, 3.63) is 71.3 Å². The number of benzene rings is 2. The van der Waals surface area contributed by atoms with Crippen molar-refractivity contribution in [2.45, 2.75) is 95.4 Å². The molecule has 1 fully saturated rings. The molecule has 2 aromatic rings. The van der Waals surface area contributed by atoms with Crippen LogP contribution in [0.3, 0.4) is 0 Å². The van der Waals surface area contributed by atoms with Gasteiger partial charge in [0.25, 0.3) is 0 Å². The molecule has 214 valence electrons. The van der Waals surface area contributed by atoms with Crippen molar-refractivity contribution in [2.75, 3.05) is 0 Å². The zero-order valence-corrected chi connectivity index (χ0v) is 22.8. The molecule has 4 rings (SSSR count). The Balaban J connectivity index is 1.44. The first-order valence-corrected chi connectivity index (χ1v) is 14.3. The number of hydroxylamine groups is 1. The lowest BCUT2D eigenvalue weighted by molar-refractivity contribution is -0.154. The summed E-state index contributed by atoms with van der Waals surface area (Å²) in [4.78, 5) is 53.2. The number of carbonyl (C=O) groups is 4. The van der Waals surface area contributed by atoms with Crippen molar-refractivity contribution in [3.8, 4) is 0 Å². The number of nitrogens with zero attached hydrogens (tertiary/aromatic N) is 1. The lowest BCUT2D eigenvalue weighted by atomic mass is 9.92. The minimum atomic E-state index is -0.959. The Morgan fingerprint density at radius 2 is 1.52 bits per heavy atom. The topological polar surface area (TPSA) is 125 Å². The van der Waals surface area contributed by atoms with E-state index in [9.17, 15) is 19.2 Å². The molecule has 3 N–H and O–H groups in total. The van der Waals surface area contributed by atoms with Crippen LogP contribution in [-0.4, -0.2) is 45.9 Å². The van der Waals surface area contributed by atoms with Crippen molar-refractivity contribution in [1.82, 2.24) is 15.7 Å². The Morgan fingerprint density at radius 3 is 2.23 bits per heavy atom. The SMILES string of the molecule is O=C(CCCCCCC(=O)N1Cc2ccccc2CC1C(=O)N[C@H](C(=O)OC1CCCC1)c1ccccc1)NO. The fourth-order valence-electron chi connectivity index (χ4n) is 5.53. The van der Waals surface area contributed by atoms with Crippen molar-refractivity contribution >= 4 is 23.7 Å². The Kier molecular flexibility index (Phi) is 10.7. The van der Waals surface area contributed by atoms with E-state index in [1.165, 1.54) is 0 Å². The molecule has 0 spiro atoms. The minimum Gasteiger partial charge on any atom is -0.461 e. The van der Waals surface area contributed by atoms with Gasteiger partial charge in [-0.1, -0.05) is 67.4 Å². The van der Waals surface area contributed by atoms with Gasteiger partial charge < -0.3 is 15.0 Å². The summed E-state index contributed by atoms with van der Waals surface area (Å²) >= 11 is 0. The van der Waals surface area contributed by atoms with Gasteiger partial charge in [-0.25, -0.2) is 10.3 Å². The summed E-state index contributed by atoms with van der Waals surface area (Å²) in [6, 6.07) is 15.2. The minimum absolute atomic E-state index is 0.118. The van der Waals surface area contributed by atoms with Crippen LogP contribution in [0.5, 0.6) is 0 Å². The summed E-state index contributed by atoms with van der Waals surface area (Å²) in [5, 5.41) is 11.5. The molecule has 3 amide bonds. The number of unbranched alkanes of at least 4 members (excludes halogenated alkanes) is 3. The first-order chi connectivity index (χ1) is 19.5. The second-order valence-electron chi connectivity index (χ2n) is 10.7. The van der Waals surface area contributed by atoms with E-state index in [1.807, 2.05) is 42.5 Å². The van der Waals surface area contributed by atoms with E-state index >= 15 is 0 Å². The van der Waals surface area contributed by atoms with Gasteiger partial charge in [0, 0.05) is 25.8 Å². The molecule has 9 nitrogen and oxygen atoms in total. The zero-order valence-electron chi connectivity index (χ0n) is 22.8. The summed E-state index contributed by atoms with van der Waals surface area (Å²) in [6.07, 6.45) is 7.24. The van der Waals surface area contributed by atoms with Gasteiger partial charge >= 0.3 is 5.97 Å². The van der Waals surface area contributed by atoms with Gasteiger partial charge in [0.2, 0.25) is 17.7 Å². The van der Waals surface area contributed by atoms with E-state index in [2.05, 4.69) is 5.32 Å². The lowest BCUT2D eigenvalue weighted by Crippen LogP contribution is -2.54. The Morgan fingerprint density at radius 1 is 0.875 bits per heavy atom. The number of esters is 1. The highest BCUT2D eigenvalue weighted by Crippen LogP contribution is 2.27. The number of hydrogen-bond donors (Lipinski definition) is 3. The maximum Gasteiger partial charge on any atom is 0.333 e. The van der Waals surface area contributed by atoms with E-state index in [4.69, 9.17) is 9.94 Å². The van der Waals surface area contributed by atoms with Gasteiger partial charge in [0.1, 0.15) is 12.1 Å². The van der Waals surface area contributed by atoms with E-state index in [0.29, 0.717) is 31.4 Å². The highest BCUT2D eigenvalue weighted by Gasteiger charge is 2.37. The molecule has 0 aromatic heterocycles. The van der Waals surface area contributed by atoms with Crippen LogP contribution in [0.15, 0.2) is 54.6 Å². The molecule has 0 radical (unpaired) electrons. The van der Waals surface area contributed by atoms with Crippen LogP contribution in [-0.2, 0) is 36.9 Å². The van der Waals surface area contributed by atoms with E-state index in [0.717, 1.165) is 49.7 Å². The highest BCUT2D eigenvalue weighted by molar-refractivity contribution is 5.92. The third kappa shape index (κ3) is 7.91. The molecule has 1 saturated carbocycles. The number of ether oxygens (including phenoxy) is 1. The Labute approximate surface area is 235 Å². The maximum atomic E-state index is 13.8. The molecule has 1 aliphatic heterocycles. The molecule has 1 aliphatic carbocycles. The number of nitrogens with one attached hydrogen (secondary N) is 2. The molecule has 40 heavy (non-hydrogen) atoms. The van der Waals surface area contributed by atoms with Crippen LogP contribution in [0, 0.1) is 0 Å². The largest absolute Gasteiger partial charge is 0.461 e. The second kappa shape index (κ2) is 14.6.